The van der Waals surface area contributed by atoms with Crippen molar-refractivity contribution in [2.45, 2.75) is 6.04 Å². The van der Waals surface area contributed by atoms with Gasteiger partial charge < -0.3 is 9.88 Å². The Balaban J connectivity index is 1.70. The smallest absolute Gasteiger partial charge is 0.252 e. The molecule has 26 heavy (non-hydrogen) atoms. The van der Waals surface area contributed by atoms with Crippen LogP contribution in [0.5, 0.6) is 0 Å². The lowest BCUT2D eigenvalue weighted by Gasteiger charge is -2.19. The first-order chi connectivity index (χ1) is 12.6. The summed E-state index contributed by atoms with van der Waals surface area (Å²) in [4.78, 5) is 17.1. The number of nitrogens with one attached hydrogen (secondary N) is 2. The van der Waals surface area contributed by atoms with Crippen molar-refractivity contribution in [1.29, 1.82) is 0 Å². The van der Waals surface area contributed by atoms with E-state index in [-0.39, 0.29) is 11.7 Å². The van der Waals surface area contributed by atoms with Gasteiger partial charge in [-0.3, -0.25) is 4.79 Å². The van der Waals surface area contributed by atoms with Gasteiger partial charge >= 0.3 is 0 Å². The molecule has 4 aromatic rings. The van der Waals surface area contributed by atoms with Crippen LogP contribution < -0.4 is 5.32 Å². The number of fused-ring (bicyclic) bond motifs is 1. The maximum absolute atomic E-state index is 13.7. The van der Waals surface area contributed by atoms with Gasteiger partial charge in [-0.15, -0.1) is 0 Å². The van der Waals surface area contributed by atoms with Gasteiger partial charge in [-0.05, 0) is 35.9 Å². The van der Waals surface area contributed by atoms with Crippen molar-refractivity contribution in [2.75, 3.05) is 0 Å². The fraction of sp³-hybridized carbons (Fsp3) is 0.111. The number of benzene rings is 2. The molecule has 0 aliphatic rings. The first kappa shape index (κ1) is 15.9. The monoisotopic (exact) mass is 350 g/mol. The summed E-state index contributed by atoms with van der Waals surface area (Å²) in [6, 6.07) is 10.5. The highest BCUT2D eigenvalue weighted by molar-refractivity contribution is 5.97. The lowest BCUT2D eigenvalue weighted by molar-refractivity contribution is 0.0941. The topological polar surface area (TPSA) is 88.5 Å². The molecular weight excluding hydrogens is 335 g/mol. The molecule has 2 N–H and O–H groups in total. The minimum absolute atomic E-state index is 0.313. The Kier molecular flexibility index (Phi) is 3.92. The van der Waals surface area contributed by atoms with Gasteiger partial charge in [0.1, 0.15) is 28.7 Å². The third-order valence-electron chi connectivity index (χ3n) is 4.15. The predicted octanol–water partition coefficient (Wildman–Crippen LogP) is 2.35. The molecule has 2 aromatic heterocycles. The lowest BCUT2D eigenvalue weighted by Crippen LogP contribution is -2.31. The molecule has 0 bridgehead atoms. The summed E-state index contributed by atoms with van der Waals surface area (Å²) < 4.78 is 15.5. The minimum atomic E-state index is -0.591. The molecule has 1 amide bonds. The van der Waals surface area contributed by atoms with E-state index in [1.807, 2.05) is 7.05 Å². The van der Waals surface area contributed by atoms with Gasteiger partial charge in [-0.2, -0.15) is 15.4 Å². The molecule has 0 aliphatic carbocycles. The minimum Gasteiger partial charge on any atom is -0.338 e. The zero-order valence-electron chi connectivity index (χ0n) is 13.8. The van der Waals surface area contributed by atoms with Crippen molar-refractivity contribution in [3.63, 3.8) is 0 Å². The van der Waals surface area contributed by atoms with Crippen molar-refractivity contribution in [2.24, 2.45) is 7.05 Å². The number of H-pyrrole nitrogens is 1. The van der Waals surface area contributed by atoms with E-state index in [1.165, 1.54) is 12.1 Å². The van der Waals surface area contributed by atoms with Gasteiger partial charge in [0.05, 0.1) is 0 Å². The Labute approximate surface area is 147 Å². The standard InChI is InChI=1S/C18H15FN6O/c1-25-8-7-20-17(25)16(11-3-2-4-13(19)9-11)21-18(26)12-5-6-14-15(10-12)23-24-22-14/h2-10,16H,1H3,(H,21,26)(H,22,23,24). The number of nitrogens with zero attached hydrogens (tertiary/aromatic N) is 4. The number of aryl methyl sites for hydroxylation is 1. The summed E-state index contributed by atoms with van der Waals surface area (Å²) in [7, 11) is 1.82. The molecule has 1 unspecified atom stereocenters. The maximum atomic E-state index is 13.7. The fourth-order valence-electron chi connectivity index (χ4n) is 2.83. The lowest BCUT2D eigenvalue weighted by atomic mass is 10.0. The molecule has 4 rings (SSSR count). The summed E-state index contributed by atoms with van der Waals surface area (Å²) in [5, 5.41) is 13.4. The number of hydrogen-bond acceptors (Lipinski definition) is 4. The molecule has 0 saturated carbocycles. The van der Waals surface area contributed by atoms with Crippen LogP contribution in [0.1, 0.15) is 27.8 Å². The van der Waals surface area contributed by atoms with E-state index >= 15 is 0 Å². The second-order valence-electron chi connectivity index (χ2n) is 5.88. The van der Waals surface area contributed by atoms with E-state index in [4.69, 9.17) is 0 Å². The van der Waals surface area contributed by atoms with Crippen molar-refractivity contribution < 1.29 is 9.18 Å². The van der Waals surface area contributed by atoms with E-state index in [1.54, 1.807) is 47.3 Å². The van der Waals surface area contributed by atoms with Crippen LogP contribution in [0.15, 0.2) is 54.9 Å². The summed E-state index contributed by atoms with van der Waals surface area (Å²) in [6.07, 6.45) is 3.41. The number of amides is 1. The molecule has 1 atom stereocenters. The molecule has 2 heterocycles. The largest absolute Gasteiger partial charge is 0.338 e. The van der Waals surface area contributed by atoms with Crippen LogP contribution in [-0.4, -0.2) is 30.9 Å². The average molecular weight is 350 g/mol. The molecule has 0 saturated heterocycles. The highest BCUT2D eigenvalue weighted by Crippen LogP contribution is 2.22. The van der Waals surface area contributed by atoms with Crippen molar-refractivity contribution >= 4 is 16.9 Å². The molecule has 2 aromatic carbocycles. The Hall–Kier alpha value is -3.55. The van der Waals surface area contributed by atoms with E-state index in [0.29, 0.717) is 28.0 Å². The highest BCUT2D eigenvalue weighted by Gasteiger charge is 2.22. The Morgan fingerprint density at radius 3 is 2.81 bits per heavy atom. The average Bonchev–Trinajstić information content (AvgIpc) is 3.27. The second kappa shape index (κ2) is 6.40. The van der Waals surface area contributed by atoms with Crippen LogP contribution in [0.25, 0.3) is 11.0 Å². The highest BCUT2D eigenvalue weighted by atomic mass is 19.1. The van der Waals surface area contributed by atoms with Gasteiger partial charge in [0.25, 0.3) is 5.91 Å². The third kappa shape index (κ3) is 2.92. The van der Waals surface area contributed by atoms with Crippen LogP contribution >= 0.6 is 0 Å². The number of aromatic nitrogens is 5. The number of carbonyl (C=O) groups is 1. The van der Waals surface area contributed by atoms with Crippen LogP contribution in [0.4, 0.5) is 4.39 Å². The first-order valence-corrected chi connectivity index (χ1v) is 7.96. The Morgan fingerprint density at radius 1 is 1.19 bits per heavy atom. The van der Waals surface area contributed by atoms with E-state index in [2.05, 4.69) is 25.7 Å². The summed E-state index contributed by atoms with van der Waals surface area (Å²) >= 11 is 0. The molecular formula is C18H15FN6O. The van der Waals surface area contributed by atoms with E-state index in [9.17, 15) is 9.18 Å². The Bertz CT molecular complexity index is 1090. The summed E-state index contributed by atoms with van der Waals surface area (Å²) in [5.41, 5.74) is 2.31. The SMILES string of the molecule is Cn1ccnc1C(NC(=O)c1ccc2n[nH]nc2c1)c1cccc(F)c1. The zero-order valence-corrected chi connectivity index (χ0v) is 13.8. The molecule has 7 nitrogen and oxygen atoms in total. The van der Waals surface area contributed by atoms with Crippen molar-refractivity contribution in [3.8, 4) is 0 Å². The number of hydrogen-bond donors (Lipinski definition) is 2. The van der Waals surface area contributed by atoms with Crippen LogP contribution in [-0.2, 0) is 7.05 Å². The molecule has 0 fully saturated rings. The van der Waals surface area contributed by atoms with Gasteiger partial charge in [0.15, 0.2) is 0 Å². The molecule has 0 spiro atoms. The first-order valence-electron chi connectivity index (χ1n) is 7.96. The summed E-state index contributed by atoms with van der Waals surface area (Å²) in [6.45, 7) is 0. The van der Waals surface area contributed by atoms with E-state index < -0.39 is 6.04 Å². The third-order valence-corrected chi connectivity index (χ3v) is 4.15. The van der Waals surface area contributed by atoms with Crippen LogP contribution in [0, 0.1) is 5.82 Å². The Morgan fingerprint density at radius 2 is 2.04 bits per heavy atom. The van der Waals surface area contributed by atoms with Crippen LogP contribution in [0.2, 0.25) is 0 Å². The van der Waals surface area contributed by atoms with Crippen LogP contribution in [0.3, 0.4) is 0 Å². The second-order valence-corrected chi connectivity index (χ2v) is 5.88. The van der Waals surface area contributed by atoms with Gasteiger partial charge in [-0.1, -0.05) is 12.1 Å². The fourth-order valence-corrected chi connectivity index (χ4v) is 2.83. The van der Waals surface area contributed by atoms with Gasteiger partial charge in [0.2, 0.25) is 0 Å². The van der Waals surface area contributed by atoms with Crippen molar-refractivity contribution in [3.05, 3.63) is 77.6 Å². The number of rotatable bonds is 4. The molecule has 0 aliphatic heterocycles. The predicted molar refractivity (Wildman–Crippen MR) is 92.8 cm³/mol. The van der Waals surface area contributed by atoms with Crippen molar-refractivity contribution in [1.82, 2.24) is 30.3 Å². The normalized spacial score (nSPS) is 12.2. The number of halogens is 1. The number of imidazole rings is 1. The zero-order chi connectivity index (χ0) is 18.1. The van der Waals surface area contributed by atoms with Gasteiger partial charge in [-0.25, -0.2) is 9.37 Å². The number of carbonyl (C=O) groups excluding carboxylic acids is 1. The van der Waals surface area contributed by atoms with E-state index in [0.717, 1.165) is 0 Å². The molecule has 8 heteroatoms. The quantitative estimate of drug-likeness (QED) is 0.591. The molecule has 0 radical (unpaired) electrons. The number of aromatic amines is 1. The van der Waals surface area contributed by atoms with Gasteiger partial charge in [0, 0.05) is 25.0 Å². The maximum Gasteiger partial charge on any atom is 0.252 e. The molecule has 130 valence electrons. The summed E-state index contributed by atoms with van der Waals surface area (Å²) in [5.74, 6) is -0.0846.